The summed E-state index contributed by atoms with van der Waals surface area (Å²) in [4.78, 5) is 11.7. The molecule has 0 unspecified atom stereocenters. The van der Waals surface area contributed by atoms with Crippen molar-refractivity contribution in [1.82, 2.24) is 4.72 Å². The summed E-state index contributed by atoms with van der Waals surface area (Å²) in [5.74, 6) is 0.235. The standard InChI is InChI=1S/C15H24N2O4S/c1-6-14(18)16-12-10-11(8-9-13(12)21-7-2)22(19,20)17-15(3,4)5/h8-10,17H,6-7H2,1-5H3,(H,16,18). The topological polar surface area (TPSA) is 84.5 Å². The van der Waals surface area contributed by atoms with Crippen molar-refractivity contribution in [2.45, 2.75) is 51.5 Å². The van der Waals surface area contributed by atoms with Gasteiger partial charge in [-0.2, -0.15) is 0 Å². The number of benzene rings is 1. The van der Waals surface area contributed by atoms with E-state index in [1.165, 1.54) is 12.1 Å². The van der Waals surface area contributed by atoms with Crippen molar-refractivity contribution in [2.24, 2.45) is 0 Å². The Kier molecular flexibility index (Phi) is 5.96. The first-order valence-corrected chi connectivity index (χ1v) is 8.68. The average Bonchev–Trinajstić information content (AvgIpc) is 2.38. The zero-order chi connectivity index (χ0) is 17.0. The first-order chi connectivity index (χ1) is 10.1. The van der Waals surface area contributed by atoms with Gasteiger partial charge in [-0.05, 0) is 45.9 Å². The molecule has 0 fully saturated rings. The molecule has 124 valence electrons. The van der Waals surface area contributed by atoms with Gasteiger partial charge in [-0.15, -0.1) is 0 Å². The van der Waals surface area contributed by atoms with E-state index in [9.17, 15) is 13.2 Å². The highest BCUT2D eigenvalue weighted by molar-refractivity contribution is 7.89. The van der Waals surface area contributed by atoms with Crippen LogP contribution in [0.1, 0.15) is 41.0 Å². The van der Waals surface area contributed by atoms with Gasteiger partial charge in [0.1, 0.15) is 5.75 Å². The Morgan fingerprint density at radius 3 is 2.36 bits per heavy atom. The van der Waals surface area contributed by atoms with Crippen molar-refractivity contribution >= 4 is 21.6 Å². The van der Waals surface area contributed by atoms with Crippen molar-refractivity contribution in [3.05, 3.63) is 18.2 Å². The number of carbonyl (C=O) groups excluding carboxylic acids is 1. The molecule has 0 spiro atoms. The Morgan fingerprint density at radius 1 is 1.23 bits per heavy atom. The number of sulfonamides is 1. The third-order valence-corrected chi connectivity index (χ3v) is 4.35. The maximum absolute atomic E-state index is 12.4. The summed E-state index contributed by atoms with van der Waals surface area (Å²) in [6.07, 6.45) is 0.294. The smallest absolute Gasteiger partial charge is 0.241 e. The molecule has 22 heavy (non-hydrogen) atoms. The highest BCUT2D eigenvalue weighted by Gasteiger charge is 2.23. The molecule has 0 aliphatic rings. The second-order valence-electron chi connectivity index (χ2n) is 5.85. The maximum atomic E-state index is 12.4. The minimum Gasteiger partial charge on any atom is -0.492 e. The summed E-state index contributed by atoms with van der Waals surface area (Å²) >= 11 is 0. The first kappa shape index (κ1) is 18.4. The average molecular weight is 328 g/mol. The van der Waals surface area contributed by atoms with Gasteiger partial charge in [-0.3, -0.25) is 4.79 Å². The maximum Gasteiger partial charge on any atom is 0.241 e. The van der Waals surface area contributed by atoms with E-state index in [-0.39, 0.29) is 10.8 Å². The lowest BCUT2D eigenvalue weighted by molar-refractivity contribution is -0.115. The van der Waals surface area contributed by atoms with E-state index < -0.39 is 15.6 Å². The summed E-state index contributed by atoms with van der Waals surface area (Å²) in [6, 6.07) is 4.42. The SMILES string of the molecule is CCOc1ccc(S(=O)(=O)NC(C)(C)C)cc1NC(=O)CC. The number of ether oxygens (including phenoxy) is 1. The van der Waals surface area contributed by atoms with Crippen LogP contribution in [-0.2, 0) is 14.8 Å². The van der Waals surface area contributed by atoms with Gasteiger partial charge < -0.3 is 10.1 Å². The van der Waals surface area contributed by atoms with Crippen LogP contribution in [0.3, 0.4) is 0 Å². The zero-order valence-electron chi connectivity index (χ0n) is 13.7. The van der Waals surface area contributed by atoms with Gasteiger partial charge in [0.2, 0.25) is 15.9 Å². The minimum atomic E-state index is -3.67. The predicted molar refractivity (Wildman–Crippen MR) is 86.6 cm³/mol. The van der Waals surface area contributed by atoms with Crippen LogP contribution in [-0.4, -0.2) is 26.5 Å². The summed E-state index contributed by atoms with van der Waals surface area (Å²) in [5, 5.41) is 2.66. The Labute approximate surface area is 132 Å². The van der Waals surface area contributed by atoms with Crippen LogP contribution in [0.4, 0.5) is 5.69 Å². The molecule has 6 nitrogen and oxygen atoms in total. The third kappa shape index (κ3) is 5.31. The quantitative estimate of drug-likeness (QED) is 0.840. The lowest BCUT2D eigenvalue weighted by Crippen LogP contribution is -2.40. The van der Waals surface area contributed by atoms with Crippen molar-refractivity contribution < 1.29 is 17.9 Å². The first-order valence-electron chi connectivity index (χ1n) is 7.19. The molecule has 0 radical (unpaired) electrons. The van der Waals surface area contributed by atoms with Crippen LogP contribution in [0.15, 0.2) is 23.1 Å². The van der Waals surface area contributed by atoms with E-state index in [0.717, 1.165) is 0 Å². The van der Waals surface area contributed by atoms with Crippen LogP contribution in [0, 0.1) is 0 Å². The van der Waals surface area contributed by atoms with Crippen LogP contribution in [0.2, 0.25) is 0 Å². The molecule has 0 aliphatic carbocycles. The summed E-state index contributed by atoms with van der Waals surface area (Å²) in [6.45, 7) is 9.24. The molecule has 0 atom stereocenters. The molecule has 7 heteroatoms. The zero-order valence-corrected chi connectivity index (χ0v) is 14.5. The molecule has 0 aromatic heterocycles. The second kappa shape index (κ2) is 7.11. The van der Waals surface area contributed by atoms with Crippen LogP contribution < -0.4 is 14.8 Å². The Bertz CT molecular complexity index is 633. The Morgan fingerprint density at radius 2 is 1.86 bits per heavy atom. The van der Waals surface area contributed by atoms with E-state index in [4.69, 9.17) is 4.74 Å². The molecule has 2 N–H and O–H groups in total. The van der Waals surface area contributed by atoms with Gasteiger partial charge in [0.05, 0.1) is 17.2 Å². The summed E-state index contributed by atoms with van der Waals surface area (Å²) in [7, 11) is -3.67. The fourth-order valence-electron chi connectivity index (χ4n) is 1.76. The van der Waals surface area contributed by atoms with Crippen molar-refractivity contribution in [3.8, 4) is 5.75 Å². The highest BCUT2D eigenvalue weighted by atomic mass is 32.2. The van der Waals surface area contributed by atoms with Gasteiger partial charge in [-0.1, -0.05) is 6.92 Å². The number of hydrogen-bond acceptors (Lipinski definition) is 4. The van der Waals surface area contributed by atoms with E-state index in [0.29, 0.717) is 24.5 Å². The molecule has 0 saturated heterocycles. The minimum absolute atomic E-state index is 0.0808. The van der Waals surface area contributed by atoms with Gasteiger partial charge in [-0.25, -0.2) is 13.1 Å². The number of nitrogens with one attached hydrogen (secondary N) is 2. The fraction of sp³-hybridized carbons (Fsp3) is 0.533. The number of carbonyl (C=O) groups is 1. The van der Waals surface area contributed by atoms with Crippen molar-refractivity contribution in [3.63, 3.8) is 0 Å². The molecular weight excluding hydrogens is 304 g/mol. The number of anilines is 1. The van der Waals surface area contributed by atoms with Crippen molar-refractivity contribution in [2.75, 3.05) is 11.9 Å². The lowest BCUT2D eigenvalue weighted by atomic mass is 10.1. The van der Waals surface area contributed by atoms with Gasteiger partial charge in [0, 0.05) is 12.0 Å². The summed E-state index contributed by atoms with van der Waals surface area (Å²) < 4.78 is 32.7. The van der Waals surface area contributed by atoms with E-state index in [2.05, 4.69) is 10.0 Å². The molecule has 1 aromatic rings. The molecule has 0 aliphatic heterocycles. The highest BCUT2D eigenvalue weighted by Crippen LogP contribution is 2.28. The lowest BCUT2D eigenvalue weighted by Gasteiger charge is -2.21. The molecular formula is C15H24N2O4S. The number of rotatable bonds is 6. The molecule has 0 bridgehead atoms. The van der Waals surface area contributed by atoms with Crippen LogP contribution in [0.25, 0.3) is 0 Å². The molecule has 0 saturated carbocycles. The number of amides is 1. The van der Waals surface area contributed by atoms with Crippen LogP contribution >= 0.6 is 0 Å². The van der Waals surface area contributed by atoms with E-state index in [1.54, 1.807) is 33.8 Å². The van der Waals surface area contributed by atoms with Gasteiger partial charge in [0.25, 0.3) is 0 Å². The largest absolute Gasteiger partial charge is 0.492 e. The predicted octanol–water partition coefficient (Wildman–Crippen LogP) is 2.51. The van der Waals surface area contributed by atoms with E-state index in [1.807, 2.05) is 6.92 Å². The van der Waals surface area contributed by atoms with Crippen molar-refractivity contribution in [1.29, 1.82) is 0 Å². The molecule has 1 aromatic carbocycles. The van der Waals surface area contributed by atoms with Crippen LogP contribution in [0.5, 0.6) is 5.75 Å². The van der Waals surface area contributed by atoms with E-state index >= 15 is 0 Å². The molecule has 1 amide bonds. The monoisotopic (exact) mass is 328 g/mol. The second-order valence-corrected chi connectivity index (χ2v) is 7.53. The number of hydrogen-bond donors (Lipinski definition) is 2. The Balaban J connectivity index is 3.23. The normalized spacial score (nSPS) is 12.0. The fourth-order valence-corrected chi connectivity index (χ4v) is 3.20. The van der Waals surface area contributed by atoms with Gasteiger partial charge in [0.15, 0.2) is 0 Å². The van der Waals surface area contributed by atoms with Gasteiger partial charge >= 0.3 is 0 Å². The molecule has 0 heterocycles. The third-order valence-electron chi connectivity index (χ3n) is 2.60. The summed E-state index contributed by atoms with van der Waals surface area (Å²) in [5.41, 5.74) is -0.241. The Hall–Kier alpha value is -1.60. The molecule has 1 rings (SSSR count).